The fourth-order valence-corrected chi connectivity index (χ4v) is 3.01. The van der Waals surface area contributed by atoms with Crippen molar-refractivity contribution in [1.82, 2.24) is 19.6 Å². The fraction of sp³-hybridized carbons (Fsp3) is 0.182. The molecule has 140 valence electrons. The maximum absolute atomic E-state index is 10.9. The molecule has 0 unspecified atom stereocenters. The Balaban J connectivity index is 1.87. The van der Waals surface area contributed by atoms with Crippen LogP contribution in [0.15, 0.2) is 61.1 Å². The van der Waals surface area contributed by atoms with Gasteiger partial charge in [0.05, 0.1) is 23.3 Å². The summed E-state index contributed by atoms with van der Waals surface area (Å²) in [5, 5.41) is 8.32. The van der Waals surface area contributed by atoms with Crippen molar-refractivity contribution >= 4 is 17.6 Å². The van der Waals surface area contributed by atoms with Crippen LogP contribution >= 0.6 is 0 Å². The van der Waals surface area contributed by atoms with Crippen molar-refractivity contribution in [3.05, 3.63) is 66.6 Å². The lowest BCUT2D eigenvalue weighted by atomic mass is 10.1. The topological polar surface area (TPSA) is 72.2 Å². The molecule has 3 aromatic heterocycles. The maximum atomic E-state index is 10.9. The van der Waals surface area contributed by atoms with Crippen molar-refractivity contribution in [2.75, 3.05) is 11.9 Å². The van der Waals surface area contributed by atoms with Crippen LogP contribution in [-0.4, -0.2) is 32.4 Å². The van der Waals surface area contributed by atoms with Crippen molar-refractivity contribution in [3.63, 3.8) is 0 Å². The molecule has 0 spiro atoms. The Hall–Kier alpha value is -3.54. The molecule has 6 nitrogen and oxygen atoms in total. The molecule has 0 bridgehead atoms. The first-order chi connectivity index (χ1) is 13.7. The summed E-state index contributed by atoms with van der Waals surface area (Å²) < 4.78 is 1.86. The van der Waals surface area contributed by atoms with Crippen LogP contribution in [-0.2, 0) is 0 Å². The van der Waals surface area contributed by atoms with Crippen molar-refractivity contribution in [2.45, 2.75) is 13.8 Å². The Bertz CT molecular complexity index is 1100. The van der Waals surface area contributed by atoms with E-state index in [2.05, 4.69) is 29.1 Å². The molecule has 1 N–H and O–H groups in total. The summed E-state index contributed by atoms with van der Waals surface area (Å²) in [7, 11) is 0. The van der Waals surface area contributed by atoms with Crippen molar-refractivity contribution in [3.8, 4) is 22.5 Å². The van der Waals surface area contributed by atoms with Crippen LogP contribution in [0.3, 0.4) is 0 Å². The van der Waals surface area contributed by atoms with Crippen LogP contribution in [0.4, 0.5) is 5.69 Å². The summed E-state index contributed by atoms with van der Waals surface area (Å²) in [6.07, 6.45) is 6.17. The Kier molecular flexibility index (Phi) is 4.85. The minimum Gasteiger partial charge on any atom is -0.382 e. The third-order valence-corrected chi connectivity index (χ3v) is 4.49. The van der Waals surface area contributed by atoms with Gasteiger partial charge < -0.3 is 5.32 Å². The summed E-state index contributed by atoms with van der Waals surface area (Å²) in [5.74, 6) is 0.503. The molecule has 0 amide bonds. The monoisotopic (exact) mass is 371 g/mol. The average molecular weight is 371 g/mol. The van der Waals surface area contributed by atoms with E-state index in [1.54, 1.807) is 24.5 Å². The molecular formula is C22H21N5O. The molecule has 0 aliphatic carbocycles. The lowest BCUT2D eigenvalue weighted by Gasteiger charge is -2.12. The number of hydrogen-bond acceptors (Lipinski definition) is 5. The molecule has 4 rings (SSSR count). The van der Waals surface area contributed by atoms with Gasteiger partial charge in [-0.15, -0.1) is 0 Å². The molecule has 3 heterocycles. The predicted octanol–water partition coefficient (Wildman–Crippen LogP) is 4.34. The number of rotatable bonds is 6. The highest BCUT2D eigenvalue weighted by atomic mass is 16.1. The van der Waals surface area contributed by atoms with Crippen LogP contribution in [0.5, 0.6) is 0 Å². The number of fused-ring (bicyclic) bond motifs is 1. The van der Waals surface area contributed by atoms with E-state index < -0.39 is 0 Å². The molecule has 0 saturated carbocycles. The average Bonchev–Trinajstić information content (AvgIpc) is 3.16. The summed E-state index contributed by atoms with van der Waals surface area (Å²) >= 11 is 0. The highest BCUT2D eigenvalue weighted by Crippen LogP contribution is 2.28. The SMILES string of the molecule is CC(C)CNc1cc(-c2ccncc2)nn2c(-c3ccc(C=O)cc3)cnc12. The first-order valence-corrected chi connectivity index (χ1v) is 9.24. The second-order valence-electron chi connectivity index (χ2n) is 7.07. The van der Waals surface area contributed by atoms with Gasteiger partial charge in [-0.2, -0.15) is 5.10 Å². The van der Waals surface area contributed by atoms with Gasteiger partial charge in [-0.1, -0.05) is 38.1 Å². The van der Waals surface area contributed by atoms with E-state index in [9.17, 15) is 4.79 Å². The second kappa shape index (κ2) is 7.60. The number of aldehydes is 1. The largest absolute Gasteiger partial charge is 0.382 e. The highest BCUT2D eigenvalue weighted by Gasteiger charge is 2.14. The summed E-state index contributed by atoms with van der Waals surface area (Å²) in [6, 6.07) is 13.3. The number of anilines is 1. The lowest BCUT2D eigenvalue weighted by Crippen LogP contribution is -2.10. The number of imidazole rings is 1. The third kappa shape index (κ3) is 3.49. The molecule has 0 radical (unpaired) electrons. The Labute approximate surface area is 163 Å². The van der Waals surface area contributed by atoms with E-state index >= 15 is 0 Å². The molecule has 0 aliphatic heterocycles. The van der Waals surface area contributed by atoms with Gasteiger partial charge in [0, 0.05) is 35.6 Å². The Morgan fingerprint density at radius 3 is 2.50 bits per heavy atom. The number of benzene rings is 1. The van der Waals surface area contributed by atoms with Gasteiger partial charge in [0.2, 0.25) is 0 Å². The Morgan fingerprint density at radius 2 is 1.82 bits per heavy atom. The first-order valence-electron chi connectivity index (χ1n) is 9.24. The molecule has 6 heteroatoms. The smallest absolute Gasteiger partial charge is 0.177 e. The van der Waals surface area contributed by atoms with Gasteiger partial charge >= 0.3 is 0 Å². The summed E-state index contributed by atoms with van der Waals surface area (Å²) in [6.45, 7) is 5.17. The van der Waals surface area contributed by atoms with E-state index in [0.717, 1.165) is 46.7 Å². The van der Waals surface area contributed by atoms with Gasteiger partial charge in [0.25, 0.3) is 0 Å². The van der Waals surface area contributed by atoms with E-state index in [4.69, 9.17) is 5.10 Å². The Morgan fingerprint density at radius 1 is 1.07 bits per heavy atom. The number of pyridine rings is 1. The second-order valence-corrected chi connectivity index (χ2v) is 7.07. The molecule has 1 aromatic carbocycles. The van der Waals surface area contributed by atoms with Crippen LogP contribution in [0.1, 0.15) is 24.2 Å². The van der Waals surface area contributed by atoms with Crippen molar-refractivity contribution < 1.29 is 4.79 Å². The molecule has 0 fully saturated rings. The van der Waals surface area contributed by atoms with Gasteiger partial charge in [-0.05, 0) is 24.1 Å². The standard InChI is InChI=1S/C22H21N5O/c1-15(2)12-24-20-11-19(17-7-9-23-10-8-17)26-27-21(13-25-22(20)27)18-5-3-16(14-28)4-6-18/h3-11,13-15,24H,12H2,1-2H3. The zero-order valence-corrected chi connectivity index (χ0v) is 15.8. The highest BCUT2D eigenvalue weighted by molar-refractivity contribution is 5.79. The molecule has 0 aliphatic rings. The fourth-order valence-electron chi connectivity index (χ4n) is 3.01. The summed E-state index contributed by atoms with van der Waals surface area (Å²) in [4.78, 5) is 19.6. The number of hydrogen-bond donors (Lipinski definition) is 1. The van der Waals surface area contributed by atoms with Crippen LogP contribution in [0.2, 0.25) is 0 Å². The van der Waals surface area contributed by atoms with Gasteiger partial charge in [-0.25, -0.2) is 9.50 Å². The molecule has 4 aromatic rings. The maximum Gasteiger partial charge on any atom is 0.177 e. The number of nitrogens with one attached hydrogen (secondary N) is 1. The van der Waals surface area contributed by atoms with Crippen molar-refractivity contribution in [1.29, 1.82) is 0 Å². The molecule has 28 heavy (non-hydrogen) atoms. The van der Waals surface area contributed by atoms with Crippen LogP contribution in [0, 0.1) is 5.92 Å². The van der Waals surface area contributed by atoms with Crippen LogP contribution in [0.25, 0.3) is 28.2 Å². The number of nitrogens with zero attached hydrogens (tertiary/aromatic N) is 4. The van der Waals surface area contributed by atoms with E-state index in [0.29, 0.717) is 11.5 Å². The van der Waals surface area contributed by atoms with E-state index in [1.807, 2.05) is 41.0 Å². The first kappa shape index (κ1) is 17.9. The number of carbonyl (C=O) groups is 1. The minimum atomic E-state index is 0.503. The molecule has 0 atom stereocenters. The summed E-state index contributed by atoms with van der Waals surface area (Å²) in [5.41, 5.74) is 6.00. The zero-order valence-electron chi connectivity index (χ0n) is 15.8. The van der Waals surface area contributed by atoms with Gasteiger partial charge in [-0.3, -0.25) is 9.78 Å². The molecular weight excluding hydrogens is 350 g/mol. The number of aromatic nitrogens is 4. The van der Waals surface area contributed by atoms with Crippen molar-refractivity contribution in [2.24, 2.45) is 5.92 Å². The normalized spacial score (nSPS) is 11.1. The molecule has 0 saturated heterocycles. The zero-order chi connectivity index (χ0) is 19.5. The third-order valence-electron chi connectivity index (χ3n) is 4.49. The van der Waals surface area contributed by atoms with Gasteiger partial charge in [0.1, 0.15) is 6.29 Å². The predicted molar refractivity (Wildman–Crippen MR) is 110 cm³/mol. The minimum absolute atomic E-state index is 0.503. The van der Waals surface area contributed by atoms with E-state index in [1.165, 1.54) is 0 Å². The van der Waals surface area contributed by atoms with Gasteiger partial charge in [0.15, 0.2) is 5.65 Å². The lowest BCUT2D eigenvalue weighted by molar-refractivity contribution is 0.112. The van der Waals surface area contributed by atoms with Crippen LogP contribution < -0.4 is 5.32 Å². The number of carbonyl (C=O) groups excluding carboxylic acids is 1. The van der Waals surface area contributed by atoms with E-state index in [-0.39, 0.29) is 0 Å². The quantitative estimate of drug-likeness (QED) is 0.511.